The van der Waals surface area contributed by atoms with Gasteiger partial charge in [0.15, 0.2) is 5.11 Å². The average molecular weight is 486 g/mol. The monoisotopic (exact) mass is 485 g/mol. The van der Waals surface area contributed by atoms with Gasteiger partial charge in [-0.25, -0.2) is 4.39 Å². The third-order valence-corrected chi connectivity index (χ3v) is 5.79. The van der Waals surface area contributed by atoms with E-state index in [2.05, 4.69) is 21.2 Å². The molecule has 2 amide bonds. The first-order valence-corrected chi connectivity index (χ1v) is 10.5. The van der Waals surface area contributed by atoms with Crippen molar-refractivity contribution in [3.05, 3.63) is 75.7 Å². The maximum atomic E-state index is 14.2. The van der Waals surface area contributed by atoms with Crippen LogP contribution in [0.5, 0.6) is 0 Å². The van der Waals surface area contributed by atoms with Crippen molar-refractivity contribution < 1.29 is 14.0 Å². The number of benzene rings is 2. The van der Waals surface area contributed by atoms with Crippen LogP contribution >= 0.6 is 28.1 Å². The van der Waals surface area contributed by atoms with Crippen LogP contribution in [0.2, 0.25) is 0 Å². The Kier molecular flexibility index (Phi) is 5.53. The lowest BCUT2D eigenvalue weighted by molar-refractivity contribution is -0.128. The summed E-state index contributed by atoms with van der Waals surface area (Å²) in [5.41, 5.74) is 2.10. The zero-order chi connectivity index (χ0) is 21.4. The van der Waals surface area contributed by atoms with Crippen molar-refractivity contribution >= 4 is 62.1 Å². The molecule has 0 saturated carbocycles. The maximum Gasteiger partial charge on any atom is 0.265 e. The SMILES string of the molecule is CCN1C(=O)/C(=C/c2cn(Cc3ccccc3F)c3ccc(Br)cc23)C(=O)NC1=S. The van der Waals surface area contributed by atoms with Gasteiger partial charge < -0.3 is 4.57 Å². The third kappa shape index (κ3) is 3.68. The molecule has 0 aliphatic carbocycles. The summed E-state index contributed by atoms with van der Waals surface area (Å²) in [4.78, 5) is 26.6. The Morgan fingerprint density at radius 2 is 1.97 bits per heavy atom. The summed E-state index contributed by atoms with van der Waals surface area (Å²) >= 11 is 8.55. The Hall–Kier alpha value is -2.84. The smallest absolute Gasteiger partial charge is 0.265 e. The summed E-state index contributed by atoms with van der Waals surface area (Å²) in [6.07, 6.45) is 3.38. The molecule has 30 heavy (non-hydrogen) atoms. The van der Waals surface area contributed by atoms with E-state index in [9.17, 15) is 14.0 Å². The second kappa shape index (κ2) is 8.12. The molecule has 0 bridgehead atoms. The van der Waals surface area contributed by atoms with Gasteiger partial charge in [0.05, 0.1) is 6.54 Å². The lowest BCUT2D eigenvalue weighted by atomic mass is 10.1. The molecule has 0 spiro atoms. The summed E-state index contributed by atoms with van der Waals surface area (Å²) < 4.78 is 17.0. The first-order chi connectivity index (χ1) is 14.4. The van der Waals surface area contributed by atoms with Crippen LogP contribution < -0.4 is 5.32 Å². The largest absolute Gasteiger partial charge is 0.342 e. The molecule has 152 valence electrons. The molecule has 0 unspecified atom stereocenters. The van der Waals surface area contributed by atoms with Crippen LogP contribution in [0.3, 0.4) is 0 Å². The summed E-state index contributed by atoms with van der Waals surface area (Å²) in [7, 11) is 0. The number of hydrogen-bond donors (Lipinski definition) is 1. The fraction of sp³-hybridized carbons (Fsp3) is 0.136. The van der Waals surface area contributed by atoms with E-state index >= 15 is 0 Å². The Labute approximate surface area is 186 Å². The number of amides is 2. The Morgan fingerprint density at radius 3 is 2.70 bits per heavy atom. The quantitative estimate of drug-likeness (QED) is 0.341. The first kappa shape index (κ1) is 20.4. The Morgan fingerprint density at radius 1 is 1.20 bits per heavy atom. The van der Waals surface area contributed by atoms with Gasteiger partial charge in [0.1, 0.15) is 11.4 Å². The lowest BCUT2D eigenvalue weighted by Gasteiger charge is -2.27. The van der Waals surface area contributed by atoms with Gasteiger partial charge >= 0.3 is 0 Å². The highest BCUT2D eigenvalue weighted by Crippen LogP contribution is 2.29. The van der Waals surface area contributed by atoms with E-state index in [1.165, 1.54) is 11.0 Å². The van der Waals surface area contributed by atoms with E-state index in [-0.39, 0.29) is 16.5 Å². The van der Waals surface area contributed by atoms with Gasteiger partial charge in [-0.1, -0.05) is 34.1 Å². The van der Waals surface area contributed by atoms with Gasteiger partial charge in [0.2, 0.25) is 0 Å². The number of hydrogen-bond acceptors (Lipinski definition) is 3. The highest BCUT2D eigenvalue weighted by atomic mass is 79.9. The maximum absolute atomic E-state index is 14.2. The molecule has 4 rings (SSSR count). The number of carbonyl (C=O) groups is 2. The lowest BCUT2D eigenvalue weighted by Crippen LogP contribution is -2.53. The fourth-order valence-corrected chi connectivity index (χ4v) is 4.16. The molecule has 0 radical (unpaired) electrons. The topological polar surface area (TPSA) is 54.3 Å². The van der Waals surface area contributed by atoms with Crippen molar-refractivity contribution in [3.8, 4) is 0 Å². The van der Waals surface area contributed by atoms with Gasteiger partial charge in [0.25, 0.3) is 11.8 Å². The molecule has 1 aromatic heterocycles. The highest BCUT2D eigenvalue weighted by Gasteiger charge is 2.32. The van der Waals surface area contributed by atoms with Crippen molar-refractivity contribution in [3.63, 3.8) is 0 Å². The minimum Gasteiger partial charge on any atom is -0.342 e. The highest BCUT2D eigenvalue weighted by molar-refractivity contribution is 9.10. The molecular weight excluding hydrogens is 469 g/mol. The van der Waals surface area contributed by atoms with E-state index in [1.54, 1.807) is 31.2 Å². The second-order valence-electron chi connectivity index (χ2n) is 6.83. The zero-order valence-corrected chi connectivity index (χ0v) is 18.4. The van der Waals surface area contributed by atoms with E-state index in [4.69, 9.17) is 12.2 Å². The Balaban J connectivity index is 1.83. The molecule has 5 nitrogen and oxygen atoms in total. The molecule has 1 N–H and O–H groups in total. The number of rotatable bonds is 4. The Bertz CT molecular complexity index is 1230. The number of halogens is 2. The van der Waals surface area contributed by atoms with E-state index in [0.29, 0.717) is 24.2 Å². The molecule has 1 saturated heterocycles. The molecule has 8 heteroatoms. The van der Waals surface area contributed by atoms with Crippen molar-refractivity contribution in [2.45, 2.75) is 13.5 Å². The van der Waals surface area contributed by atoms with Crippen molar-refractivity contribution in [1.82, 2.24) is 14.8 Å². The fourth-order valence-electron chi connectivity index (χ4n) is 3.49. The summed E-state index contributed by atoms with van der Waals surface area (Å²) in [6, 6.07) is 12.3. The minimum atomic E-state index is -0.528. The predicted molar refractivity (Wildman–Crippen MR) is 121 cm³/mol. The van der Waals surface area contributed by atoms with Gasteiger partial charge in [-0.2, -0.15) is 0 Å². The number of carbonyl (C=O) groups excluding carboxylic acids is 2. The minimum absolute atomic E-state index is 0.00960. The molecule has 0 atom stereocenters. The van der Waals surface area contributed by atoms with E-state index < -0.39 is 11.8 Å². The van der Waals surface area contributed by atoms with Crippen LogP contribution in [0.15, 0.2) is 58.7 Å². The van der Waals surface area contributed by atoms with Gasteiger partial charge in [-0.15, -0.1) is 0 Å². The zero-order valence-electron chi connectivity index (χ0n) is 16.0. The molecule has 2 aromatic carbocycles. The number of thiocarbonyl (C=S) groups is 1. The average Bonchev–Trinajstić information content (AvgIpc) is 3.03. The van der Waals surface area contributed by atoms with Crippen LogP contribution in [0.25, 0.3) is 17.0 Å². The van der Waals surface area contributed by atoms with Gasteiger partial charge in [0, 0.05) is 39.2 Å². The van der Waals surface area contributed by atoms with Crippen LogP contribution in [-0.4, -0.2) is 32.9 Å². The number of nitrogens with one attached hydrogen (secondary N) is 1. The van der Waals surface area contributed by atoms with Crippen molar-refractivity contribution in [2.24, 2.45) is 0 Å². The molecule has 2 heterocycles. The van der Waals surface area contributed by atoms with Gasteiger partial charge in [-0.05, 0) is 49.5 Å². The molecule has 1 aliphatic heterocycles. The number of nitrogens with zero attached hydrogens (tertiary/aromatic N) is 2. The van der Waals surface area contributed by atoms with E-state index in [0.717, 1.165) is 15.4 Å². The third-order valence-electron chi connectivity index (χ3n) is 4.97. The van der Waals surface area contributed by atoms with Gasteiger partial charge in [-0.3, -0.25) is 19.8 Å². The first-order valence-electron chi connectivity index (χ1n) is 9.29. The molecule has 1 aliphatic rings. The normalized spacial score (nSPS) is 15.9. The van der Waals surface area contributed by atoms with Crippen LogP contribution in [0.4, 0.5) is 4.39 Å². The predicted octanol–water partition coefficient (Wildman–Crippen LogP) is 4.24. The number of likely N-dealkylation sites (N-methyl/N-ethyl adjacent to an activating group) is 1. The standard InChI is InChI=1S/C22H17BrFN3O2S/c1-2-27-21(29)17(20(28)25-22(27)30)9-14-12-26(11-13-5-3-4-6-18(13)24)19-8-7-15(23)10-16(14)19/h3-10,12H,2,11H2,1H3,(H,25,28,30)/b17-9+. The number of fused-ring (bicyclic) bond motifs is 1. The van der Waals surface area contributed by atoms with Crippen LogP contribution in [0, 0.1) is 5.82 Å². The molecular formula is C22H17BrFN3O2S. The van der Waals surface area contributed by atoms with Crippen LogP contribution in [0.1, 0.15) is 18.1 Å². The number of aromatic nitrogens is 1. The second-order valence-corrected chi connectivity index (χ2v) is 8.13. The van der Waals surface area contributed by atoms with Crippen molar-refractivity contribution in [1.29, 1.82) is 0 Å². The van der Waals surface area contributed by atoms with Crippen molar-refractivity contribution in [2.75, 3.05) is 6.54 Å². The summed E-state index contributed by atoms with van der Waals surface area (Å²) in [5, 5.41) is 3.50. The summed E-state index contributed by atoms with van der Waals surface area (Å²) in [6.45, 7) is 2.46. The molecule has 1 fully saturated rings. The van der Waals surface area contributed by atoms with Crippen LogP contribution in [-0.2, 0) is 16.1 Å². The summed E-state index contributed by atoms with van der Waals surface area (Å²) in [5.74, 6) is -1.25. The molecule has 3 aromatic rings. The van der Waals surface area contributed by atoms with E-state index in [1.807, 2.05) is 29.0 Å².